The molecule has 1 aromatic carbocycles. The molecule has 100 valence electrons. The molecule has 0 atom stereocenters. The smallest absolute Gasteiger partial charge is 0.287 e. The lowest BCUT2D eigenvalue weighted by Gasteiger charge is -2.03. The lowest BCUT2D eigenvalue weighted by atomic mass is 10.1. The minimum Gasteiger partial charge on any atom is -0.360 e. The summed E-state index contributed by atoms with van der Waals surface area (Å²) in [6, 6.07) is 9.86. The van der Waals surface area contributed by atoms with E-state index in [1.807, 2.05) is 17.6 Å². The zero-order chi connectivity index (χ0) is 13.7. The highest BCUT2D eigenvalue weighted by molar-refractivity contribution is 7.97. The molecule has 0 bridgehead atoms. The van der Waals surface area contributed by atoms with Crippen LogP contribution in [-0.2, 0) is 11.5 Å². The molecule has 0 radical (unpaired) electrons. The highest BCUT2D eigenvalue weighted by atomic mass is 32.2. The number of nitrogen functional groups attached to an aromatic ring is 1. The number of nitrogens with zero attached hydrogens (tertiary/aromatic N) is 1. The van der Waals surface area contributed by atoms with Gasteiger partial charge < -0.3 is 4.52 Å². The minimum absolute atomic E-state index is 0.203. The molecule has 5 nitrogen and oxygen atoms in total. The standard InChI is InChI=1S/C13H15N3O2S/c1-9-4-2-3-5-10(9)7-19-8-11-6-12(16-18-11)13(17)15-14/h2-6H,7-8,14H2,1H3,(H,15,17). The van der Waals surface area contributed by atoms with E-state index in [0.717, 1.165) is 5.75 Å². The molecule has 1 aromatic heterocycles. The van der Waals surface area contributed by atoms with Crippen molar-refractivity contribution >= 4 is 17.7 Å². The molecule has 3 N–H and O–H groups in total. The first-order valence-corrected chi connectivity index (χ1v) is 6.95. The van der Waals surface area contributed by atoms with Gasteiger partial charge in [0.2, 0.25) is 0 Å². The summed E-state index contributed by atoms with van der Waals surface area (Å²) < 4.78 is 5.07. The number of thioether (sulfide) groups is 1. The maximum absolute atomic E-state index is 11.2. The van der Waals surface area contributed by atoms with Gasteiger partial charge in [-0.15, -0.1) is 11.8 Å². The lowest BCUT2D eigenvalue weighted by molar-refractivity contribution is 0.0944. The molecular weight excluding hydrogens is 262 g/mol. The largest absolute Gasteiger partial charge is 0.360 e. The topological polar surface area (TPSA) is 81.2 Å². The Balaban J connectivity index is 1.88. The van der Waals surface area contributed by atoms with Gasteiger partial charge in [0, 0.05) is 11.8 Å². The summed E-state index contributed by atoms with van der Waals surface area (Å²) in [4.78, 5) is 11.2. The predicted octanol–water partition coefficient (Wildman–Crippen LogP) is 2.02. The van der Waals surface area contributed by atoms with E-state index in [1.54, 1.807) is 17.8 Å². The molecule has 1 amide bonds. The van der Waals surface area contributed by atoms with Gasteiger partial charge in [-0.3, -0.25) is 10.2 Å². The van der Waals surface area contributed by atoms with Crippen molar-refractivity contribution in [2.75, 3.05) is 0 Å². The van der Waals surface area contributed by atoms with Crippen LogP contribution in [0.2, 0.25) is 0 Å². The molecule has 0 fully saturated rings. The Morgan fingerprint density at radius 1 is 1.42 bits per heavy atom. The average Bonchev–Trinajstić information content (AvgIpc) is 2.89. The number of hydrogen-bond donors (Lipinski definition) is 2. The number of carbonyl (C=O) groups is 1. The van der Waals surface area contributed by atoms with Crippen molar-refractivity contribution in [3.05, 3.63) is 52.9 Å². The fraction of sp³-hybridized carbons (Fsp3) is 0.231. The van der Waals surface area contributed by atoms with Gasteiger partial charge in [-0.25, -0.2) is 5.84 Å². The van der Waals surface area contributed by atoms with Crippen molar-refractivity contribution in [2.24, 2.45) is 5.84 Å². The van der Waals surface area contributed by atoms with Crippen LogP contribution in [0.25, 0.3) is 0 Å². The Hall–Kier alpha value is -1.79. The number of carbonyl (C=O) groups excluding carboxylic acids is 1. The van der Waals surface area contributed by atoms with Gasteiger partial charge >= 0.3 is 0 Å². The third kappa shape index (κ3) is 3.59. The van der Waals surface area contributed by atoms with Crippen molar-refractivity contribution in [2.45, 2.75) is 18.4 Å². The number of aromatic nitrogens is 1. The van der Waals surface area contributed by atoms with E-state index in [2.05, 4.69) is 24.2 Å². The van der Waals surface area contributed by atoms with E-state index in [1.165, 1.54) is 11.1 Å². The summed E-state index contributed by atoms with van der Waals surface area (Å²) in [6.45, 7) is 2.09. The van der Waals surface area contributed by atoms with Gasteiger partial charge in [0.1, 0.15) is 5.76 Å². The van der Waals surface area contributed by atoms with Gasteiger partial charge in [-0.2, -0.15) is 0 Å². The predicted molar refractivity (Wildman–Crippen MR) is 74.3 cm³/mol. The van der Waals surface area contributed by atoms with Crippen LogP contribution in [0.5, 0.6) is 0 Å². The van der Waals surface area contributed by atoms with Crippen LogP contribution in [-0.4, -0.2) is 11.1 Å². The van der Waals surface area contributed by atoms with Gasteiger partial charge in [0.05, 0.1) is 5.75 Å². The zero-order valence-corrected chi connectivity index (χ0v) is 11.4. The van der Waals surface area contributed by atoms with E-state index in [9.17, 15) is 4.79 Å². The third-order valence-electron chi connectivity index (χ3n) is 2.69. The lowest BCUT2D eigenvalue weighted by Crippen LogP contribution is -2.30. The third-order valence-corrected chi connectivity index (χ3v) is 3.69. The maximum atomic E-state index is 11.2. The molecule has 0 aliphatic rings. The number of aryl methyl sites for hydroxylation is 1. The first-order chi connectivity index (χ1) is 9.20. The number of rotatable bonds is 5. The molecule has 6 heteroatoms. The number of benzene rings is 1. The molecule has 0 aliphatic heterocycles. The van der Waals surface area contributed by atoms with Crippen LogP contribution in [0.1, 0.15) is 27.4 Å². The van der Waals surface area contributed by atoms with Gasteiger partial charge in [-0.1, -0.05) is 29.4 Å². The van der Waals surface area contributed by atoms with Crippen LogP contribution >= 0.6 is 11.8 Å². The van der Waals surface area contributed by atoms with Crippen LogP contribution in [0.3, 0.4) is 0 Å². The molecule has 1 heterocycles. The number of nitrogens with two attached hydrogens (primary N) is 1. The molecule has 19 heavy (non-hydrogen) atoms. The summed E-state index contributed by atoms with van der Waals surface area (Å²) in [7, 11) is 0. The van der Waals surface area contributed by atoms with Crippen molar-refractivity contribution in [3.8, 4) is 0 Å². The van der Waals surface area contributed by atoms with Crippen molar-refractivity contribution in [1.29, 1.82) is 0 Å². The zero-order valence-electron chi connectivity index (χ0n) is 10.6. The maximum Gasteiger partial charge on any atom is 0.287 e. The van der Waals surface area contributed by atoms with Crippen LogP contribution in [0.15, 0.2) is 34.9 Å². The van der Waals surface area contributed by atoms with E-state index in [0.29, 0.717) is 11.5 Å². The van der Waals surface area contributed by atoms with Gasteiger partial charge in [-0.05, 0) is 18.1 Å². The Bertz CT molecular complexity index is 569. The van der Waals surface area contributed by atoms with Crippen LogP contribution in [0, 0.1) is 6.92 Å². The molecule has 0 aliphatic carbocycles. The van der Waals surface area contributed by atoms with E-state index < -0.39 is 5.91 Å². The Morgan fingerprint density at radius 3 is 2.95 bits per heavy atom. The summed E-state index contributed by atoms with van der Waals surface area (Å²) in [5.74, 6) is 6.80. The molecule has 0 saturated carbocycles. The number of nitrogens with one attached hydrogen (secondary N) is 1. The Kier molecular flexibility index (Phi) is 4.59. The highest BCUT2D eigenvalue weighted by Gasteiger charge is 2.11. The average molecular weight is 277 g/mol. The number of hydrazine groups is 1. The molecule has 2 aromatic rings. The molecule has 2 rings (SSSR count). The van der Waals surface area contributed by atoms with Crippen LogP contribution in [0.4, 0.5) is 0 Å². The summed E-state index contributed by atoms with van der Waals surface area (Å²) >= 11 is 1.71. The van der Waals surface area contributed by atoms with E-state index in [4.69, 9.17) is 10.4 Å². The van der Waals surface area contributed by atoms with E-state index in [-0.39, 0.29) is 5.69 Å². The summed E-state index contributed by atoms with van der Waals surface area (Å²) in [5, 5.41) is 3.65. The quantitative estimate of drug-likeness (QED) is 0.496. The highest BCUT2D eigenvalue weighted by Crippen LogP contribution is 2.20. The molecular formula is C13H15N3O2S. The molecule has 0 unspecified atom stereocenters. The van der Waals surface area contributed by atoms with Crippen molar-refractivity contribution in [3.63, 3.8) is 0 Å². The second-order valence-electron chi connectivity index (χ2n) is 4.07. The van der Waals surface area contributed by atoms with Crippen molar-refractivity contribution < 1.29 is 9.32 Å². The fourth-order valence-corrected chi connectivity index (χ4v) is 2.58. The second kappa shape index (κ2) is 6.40. The monoisotopic (exact) mass is 277 g/mol. The van der Waals surface area contributed by atoms with Crippen LogP contribution < -0.4 is 11.3 Å². The fourth-order valence-electron chi connectivity index (χ4n) is 1.60. The SMILES string of the molecule is Cc1ccccc1CSCc1cc(C(=O)NN)no1. The van der Waals surface area contributed by atoms with Gasteiger partial charge in [0.25, 0.3) is 5.91 Å². The molecule has 0 saturated heterocycles. The number of hydrogen-bond acceptors (Lipinski definition) is 5. The first kappa shape index (κ1) is 13.6. The summed E-state index contributed by atoms with van der Waals surface area (Å²) in [6.07, 6.45) is 0. The summed E-state index contributed by atoms with van der Waals surface area (Å²) in [5.41, 5.74) is 4.79. The Labute approximate surface area is 115 Å². The number of amides is 1. The molecule has 0 spiro atoms. The first-order valence-electron chi connectivity index (χ1n) is 5.79. The Morgan fingerprint density at radius 2 is 2.21 bits per heavy atom. The minimum atomic E-state index is -0.445. The normalized spacial score (nSPS) is 10.4. The van der Waals surface area contributed by atoms with Gasteiger partial charge in [0.15, 0.2) is 5.69 Å². The van der Waals surface area contributed by atoms with Crippen molar-refractivity contribution in [1.82, 2.24) is 10.6 Å². The van der Waals surface area contributed by atoms with E-state index >= 15 is 0 Å². The second-order valence-corrected chi connectivity index (χ2v) is 5.06.